The molecule has 1 aromatic heterocycles. The molecule has 0 fully saturated rings. The maximum Gasteiger partial charge on any atom is 0.0521 e. The summed E-state index contributed by atoms with van der Waals surface area (Å²) in [6.07, 6.45) is 7.76. The molecule has 0 spiro atoms. The first-order chi connectivity index (χ1) is 8.11. The number of hydrogen-bond acceptors (Lipinski definition) is 2. The van der Waals surface area contributed by atoms with E-state index < -0.39 is 0 Å². The van der Waals surface area contributed by atoms with Crippen LogP contribution in [-0.4, -0.2) is 22.9 Å². The molecular formula is C14H27N3. The van der Waals surface area contributed by atoms with Gasteiger partial charge in [0, 0.05) is 13.2 Å². The number of nitrogens with one attached hydrogen (secondary N) is 1. The standard InChI is InChI=1S/C14H27N3/c1-5-6-15-9-13(7-12(2)3)8-14-10-16-17(4)11-14/h10-13,15H,5-9H2,1-4H3. The Balaban J connectivity index is 2.44. The zero-order valence-electron chi connectivity index (χ0n) is 11.7. The van der Waals surface area contributed by atoms with E-state index >= 15 is 0 Å². The van der Waals surface area contributed by atoms with Crippen LogP contribution in [0.15, 0.2) is 12.4 Å². The van der Waals surface area contributed by atoms with E-state index in [0.29, 0.717) is 0 Å². The van der Waals surface area contributed by atoms with E-state index in [2.05, 4.69) is 37.4 Å². The highest BCUT2D eigenvalue weighted by Gasteiger charge is 2.12. The maximum absolute atomic E-state index is 4.24. The maximum atomic E-state index is 4.24. The fourth-order valence-electron chi connectivity index (χ4n) is 2.30. The van der Waals surface area contributed by atoms with Crippen LogP contribution in [0.25, 0.3) is 0 Å². The van der Waals surface area contributed by atoms with Gasteiger partial charge >= 0.3 is 0 Å². The second-order valence-corrected chi connectivity index (χ2v) is 5.43. The van der Waals surface area contributed by atoms with Crippen molar-refractivity contribution < 1.29 is 0 Å². The van der Waals surface area contributed by atoms with Gasteiger partial charge in [0.05, 0.1) is 6.20 Å². The first-order valence-corrected chi connectivity index (χ1v) is 6.80. The Bertz CT molecular complexity index is 304. The van der Waals surface area contributed by atoms with Crippen LogP contribution in [0.1, 0.15) is 39.2 Å². The Labute approximate surface area is 106 Å². The minimum absolute atomic E-state index is 0.728. The molecule has 0 aliphatic heterocycles. The normalized spacial score (nSPS) is 13.2. The summed E-state index contributed by atoms with van der Waals surface area (Å²) in [6, 6.07) is 0. The summed E-state index contributed by atoms with van der Waals surface area (Å²) in [5, 5.41) is 7.78. The van der Waals surface area contributed by atoms with E-state index in [0.717, 1.165) is 31.3 Å². The summed E-state index contributed by atoms with van der Waals surface area (Å²) in [5.41, 5.74) is 1.36. The monoisotopic (exact) mass is 237 g/mol. The minimum atomic E-state index is 0.728. The lowest BCUT2D eigenvalue weighted by atomic mass is 9.92. The first-order valence-electron chi connectivity index (χ1n) is 6.80. The van der Waals surface area contributed by atoms with Crippen molar-refractivity contribution in [2.75, 3.05) is 13.1 Å². The van der Waals surface area contributed by atoms with Gasteiger partial charge in [0.2, 0.25) is 0 Å². The summed E-state index contributed by atoms with van der Waals surface area (Å²) in [6.45, 7) is 9.07. The van der Waals surface area contributed by atoms with E-state index in [4.69, 9.17) is 0 Å². The van der Waals surface area contributed by atoms with Crippen molar-refractivity contribution >= 4 is 0 Å². The zero-order chi connectivity index (χ0) is 12.7. The minimum Gasteiger partial charge on any atom is -0.316 e. The van der Waals surface area contributed by atoms with Crippen LogP contribution in [0.3, 0.4) is 0 Å². The number of aromatic nitrogens is 2. The molecule has 0 saturated heterocycles. The highest BCUT2D eigenvalue weighted by Crippen LogP contribution is 2.16. The molecular weight excluding hydrogens is 210 g/mol. The van der Waals surface area contributed by atoms with E-state index in [9.17, 15) is 0 Å². The zero-order valence-corrected chi connectivity index (χ0v) is 11.7. The molecule has 0 aliphatic carbocycles. The van der Waals surface area contributed by atoms with Crippen molar-refractivity contribution in [1.29, 1.82) is 0 Å². The van der Waals surface area contributed by atoms with E-state index in [1.165, 1.54) is 18.4 Å². The van der Waals surface area contributed by atoms with Gasteiger partial charge < -0.3 is 5.32 Å². The molecule has 3 nitrogen and oxygen atoms in total. The first kappa shape index (κ1) is 14.2. The van der Waals surface area contributed by atoms with Crippen LogP contribution in [0.2, 0.25) is 0 Å². The van der Waals surface area contributed by atoms with E-state index in [-0.39, 0.29) is 0 Å². The summed E-state index contributed by atoms with van der Waals surface area (Å²) in [4.78, 5) is 0. The van der Waals surface area contributed by atoms with Gasteiger partial charge in [0.15, 0.2) is 0 Å². The molecule has 1 aromatic rings. The third-order valence-corrected chi connectivity index (χ3v) is 2.95. The molecule has 0 saturated carbocycles. The molecule has 0 amide bonds. The predicted molar refractivity (Wildman–Crippen MR) is 73.0 cm³/mol. The molecule has 0 radical (unpaired) electrons. The number of hydrogen-bond donors (Lipinski definition) is 1. The molecule has 1 heterocycles. The quantitative estimate of drug-likeness (QED) is 0.704. The third kappa shape index (κ3) is 5.87. The topological polar surface area (TPSA) is 29.9 Å². The van der Waals surface area contributed by atoms with Gasteiger partial charge in [-0.15, -0.1) is 0 Å². The van der Waals surface area contributed by atoms with Gasteiger partial charge in [0.1, 0.15) is 0 Å². The molecule has 98 valence electrons. The van der Waals surface area contributed by atoms with Gasteiger partial charge in [-0.3, -0.25) is 4.68 Å². The lowest BCUT2D eigenvalue weighted by molar-refractivity contribution is 0.385. The highest BCUT2D eigenvalue weighted by molar-refractivity contribution is 5.04. The second kappa shape index (κ2) is 7.49. The molecule has 0 aliphatic rings. The third-order valence-electron chi connectivity index (χ3n) is 2.95. The summed E-state index contributed by atoms with van der Waals surface area (Å²) >= 11 is 0. The van der Waals surface area contributed by atoms with Crippen molar-refractivity contribution in [2.24, 2.45) is 18.9 Å². The van der Waals surface area contributed by atoms with Crippen LogP contribution in [-0.2, 0) is 13.5 Å². The Hall–Kier alpha value is -0.830. The molecule has 3 heteroatoms. The smallest absolute Gasteiger partial charge is 0.0521 e. The number of aryl methyl sites for hydroxylation is 1. The van der Waals surface area contributed by atoms with Crippen LogP contribution in [0.4, 0.5) is 0 Å². The lowest BCUT2D eigenvalue weighted by Crippen LogP contribution is -2.26. The van der Waals surface area contributed by atoms with Gasteiger partial charge in [-0.05, 0) is 49.8 Å². The van der Waals surface area contributed by atoms with Crippen LogP contribution >= 0.6 is 0 Å². The van der Waals surface area contributed by atoms with Gasteiger partial charge in [-0.1, -0.05) is 20.8 Å². The summed E-state index contributed by atoms with van der Waals surface area (Å²) in [7, 11) is 1.98. The van der Waals surface area contributed by atoms with Crippen molar-refractivity contribution in [3.8, 4) is 0 Å². The Kier molecular flexibility index (Phi) is 6.27. The Morgan fingerprint density at radius 1 is 1.41 bits per heavy atom. The van der Waals surface area contributed by atoms with Gasteiger partial charge in [-0.25, -0.2) is 0 Å². The van der Waals surface area contributed by atoms with Gasteiger partial charge in [-0.2, -0.15) is 5.10 Å². The molecule has 0 bridgehead atoms. The van der Waals surface area contributed by atoms with Crippen molar-refractivity contribution in [3.05, 3.63) is 18.0 Å². The molecule has 17 heavy (non-hydrogen) atoms. The predicted octanol–water partition coefficient (Wildman–Crippen LogP) is 2.62. The van der Waals surface area contributed by atoms with E-state index in [1.807, 2.05) is 17.9 Å². The largest absolute Gasteiger partial charge is 0.316 e. The van der Waals surface area contributed by atoms with Crippen molar-refractivity contribution in [1.82, 2.24) is 15.1 Å². The number of rotatable bonds is 8. The van der Waals surface area contributed by atoms with Gasteiger partial charge in [0.25, 0.3) is 0 Å². The van der Waals surface area contributed by atoms with Crippen molar-refractivity contribution in [2.45, 2.75) is 40.0 Å². The molecule has 1 unspecified atom stereocenters. The fraction of sp³-hybridized carbons (Fsp3) is 0.786. The Morgan fingerprint density at radius 3 is 2.71 bits per heavy atom. The van der Waals surface area contributed by atoms with Crippen molar-refractivity contribution in [3.63, 3.8) is 0 Å². The lowest BCUT2D eigenvalue weighted by Gasteiger charge is -2.18. The molecule has 1 atom stereocenters. The summed E-state index contributed by atoms with van der Waals surface area (Å²) < 4.78 is 1.89. The van der Waals surface area contributed by atoms with Crippen LogP contribution in [0, 0.1) is 11.8 Å². The fourth-order valence-corrected chi connectivity index (χ4v) is 2.30. The summed E-state index contributed by atoms with van der Waals surface area (Å²) in [5.74, 6) is 1.49. The molecule has 0 aromatic carbocycles. The van der Waals surface area contributed by atoms with Crippen LogP contribution < -0.4 is 5.32 Å². The highest BCUT2D eigenvalue weighted by atomic mass is 15.2. The molecule has 1 rings (SSSR count). The SMILES string of the molecule is CCCNCC(Cc1cnn(C)c1)CC(C)C. The Morgan fingerprint density at radius 2 is 2.18 bits per heavy atom. The average molecular weight is 237 g/mol. The molecule has 1 N–H and O–H groups in total. The number of nitrogens with zero attached hydrogens (tertiary/aromatic N) is 2. The average Bonchev–Trinajstić information content (AvgIpc) is 2.63. The second-order valence-electron chi connectivity index (χ2n) is 5.43. The van der Waals surface area contributed by atoms with E-state index in [1.54, 1.807) is 0 Å². The van der Waals surface area contributed by atoms with Crippen LogP contribution in [0.5, 0.6) is 0 Å².